The van der Waals surface area contributed by atoms with Crippen molar-refractivity contribution in [3.8, 4) is 11.8 Å². The lowest BCUT2D eigenvalue weighted by atomic mass is 9.96. The molecule has 0 heterocycles. The molecule has 0 saturated carbocycles. The van der Waals surface area contributed by atoms with Gasteiger partial charge in [-0.15, -0.1) is 0 Å². The average molecular weight is 523 g/mol. The topological polar surface area (TPSA) is 132 Å². The first-order chi connectivity index (χ1) is 17.6. The number of nitrogens with zero attached hydrogens (tertiary/aromatic N) is 2. The van der Waals surface area contributed by atoms with E-state index in [2.05, 4.69) is 10.6 Å². The van der Waals surface area contributed by atoms with E-state index in [4.69, 9.17) is 4.74 Å². The molecular weight excluding hydrogens is 484 g/mol. The summed E-state index contributed by atoms with van der Waals surface area (Å²) in [5.41, 5.74) is 0.588. The number of ether oxygens (including phenoxy) is 1. The third-order valence-electron chi connectivity index (χ3n) is 5.43. The van der Waals surface area contributed by atoms with Crippen molar-refractivity contribution >= 4 is 17.9 Å². The molecule has 38 heavy (non-hydrogen) atoms. The summed E-state index contributed by atoms with van der Waals surface area (Å²) in [6.07, 6.45) is -0.764. The number of hydrogen-bond acceptors (Lipinski definition) is 6. The van der Waals surface area contributed by atoms with Gasteiger partial charge in [0.05, 0.1) is 6.07 Å². The number of carbonyl (C=O) groups excluding carboxylic acids is 3. The minimum atomic E-state index is -1.16. The molecule has 0 bridgehead atoms. The van der Waals surface area contributed by atoms with Crippen LogP contribution in [0.15, 0.2) is 48.5 Å². The van der Waals surface area contributed by atoms with E-state index in [1.807, 2.05) is 45.9 Å². The second kappa shape index (κ2) is 12.5. The highest BCUT2D eigenvalue weighted by atomic mass is 16.6. The number of nitriles is 1. The van der Waals surface area contributed by atoms with Crippen LogP contribution in [0.25, 0.3) is 0 Å². The molecule has 9 nitrogen and oxygen atoms in total. The van der Waals surface area contributed by atoms with Crippen LogP contribution in [0.2, 0.25) is 0 Å². The fraction of sp³-hybridized carbons (Fsp3) is 0.448. The van der Waals surface area contributed by atoms with Crippen molar-refractivity contribution in [3.05, 3.63) is 65.2 Å². The smallest absolute Gasteiger partial charge is 0.408 e. The second-order valence-electron chi connectivity index (χ2n) is 11.2. The number of benzene rings is 2. The molecule has 0 fully saturated rings. The number of rotatable bonds is 8. The molecule has 3 N–H and O–H groups in total. The maximum atomic E-state index is 14.1. The maximum absolute atomic E-state index is 14.1. The lowest BCUT2D eigenvalue weighted by Gasteiger charge is -2.35. The number of aromatic hydroxyl groups is 1. The lowest BCUT2D eigenvalue weighted by molar-refractivity contribution is -0.142. The molecular formula is C29H38N4O5. The Bertz CT molecular complexity index is 1170. The predicted molar refractivity (Wildman–Crippen MR) is 144 cm³/mol. The Morgan fingerprint density at radius 3 is 2.16 bits per heavy atom. The zero-order valence-electron chi connectivity index (χ0n) is 23.2. The molecule has 2 atom stereocenters. The fourth-order valence-corrected chi connectivity index (χ4v) is 3.87. The van der Waals surface area contributed by atoms with Crippen molar-refractivity contribution in [1.29, 1.82) is 5.26 Å². The van der Waals surface area contributed by atoms with Crippen LogP contribution in [-0.2, 0) is 20.7 Å². The van der Waals surface area contributed by atoms with Gasteiger partial charge in [-0.2, -0.15) is 5.26 Å². The Hall–Kier alpha value is -4.06. The van der Waals surface area contributed by atoms with Gasteiger partial charge in [0.15, 0.2) is 0 Å². The highest BCUT2D eigenvalue weighted by Gasteiger charge is 2.38. The number of phenols is 1. The van der Waals surface area contributed by atoms with Crippen molar-refractivity contribution in [3.63, 3.8) is 0 Å². The molecule has 9 heteroatoms. The van der Waals surface area contributed by atoms with Crippen molar-refractivity contribution in [2.45, 2.75) is 78.1 Å². The van der Waals surface area contributed by atoms with Crippen LogP contribution in [-0.4, -0.2) is 51.6 Å². The second-order valence-corrected chi connectivity index (χ2v) is 11.2. The van der Waals surface area contributed by atoms with Crippen molar-refractivity contribution in [2.75, 3.05) is 6.54 Å². The predicted octanol–water partition coefficient (Wildman–Crippen LogP) is 4.14. The number of carbonyl (C=O) groups is 3. The standard InChI is InChI=1S/C29H38N4O5/c1-19-10-8-9-11-22(19)24(25(35)32-28(2,3)4)33(17-16-30)26(36)23(31-27(37)38-29(5,6)7)18-20-12-14-21(34)15-13-20/h8-15,23-24,34H,17-18H2,1-7H3,(H,31,37)(H,32,35). The quantitative estimate of drug-likeness (QED) is 0.447. The van der Waals surface area contributed by atoms with Crippen LogP contribution in [0.4, 0.5) is 4.79 Å². The van der Waals surface area contributed by atoms with Crippen LogP contribution in [0.3, 0.4) is 0 Å². The zero-order valence-corrected chi connectivity index (χ0v) is 23.2. The number of nitrogens with one attached hydrogen (secondary N) is 2. The first-order valence-electron chi connectivity index (χ1n) is 12.4. The first-order valence-corrected chi connectivity index (χ1v) is 12.4. The number of aryl methyl sites for hydroxylation is 1. The van der Waals surface area contributed by atoms with E-state index < -0.39 is 47.7 Å². The number of phenolic OH excluding ortho intramolecular Hbond substituents is 1. The van der Waals surface area contributed by atoms with Gasteiger partial charge in [0.1, 0.15) is 30.0 Å². The van der Waals surface area contributed by atoms with Crippen molar-refractivity contribution in [1.82, 2.24) is 15.5 Å². The largest absolute Gasteiger partial charge is 0.508 e. The van der Waals surface area contributed by atoms with Gasteiger partial charge in [0, 0.05) is 12.0 Å². The summed E-state index contributed by atoms with van der Waals surface area (Å²) in [5, 5.41) is 24.9. The summed E-state index contributed by atoms with van der Waals surface area (Å²) in [6, 6.07) is 13.1. The number of amides is 3. The molecule has 0 aliphatic carbocycles. The summed E-state index contributed by atoms with van der Waals surface area (Å²) < 4.78 is 5.39. The van der Waals surface area contributed by atoms with Gasteiger partial charge >= 0.3 is 6.09 Å². The van der Waals surface area contributed by atoms with Crippen LogP contribution in [0.1, 0.15) is 64.3 Å². The number of alkyl carbamates (subject to hydrolysis) is 1. The van der Waals surface area contributed by atoms with Crippen molar-refractivity contribution < 1.29 is 24.2 Å². The van der Waals surface area contributed by atoms with Crippen LogP contribution >= 0.6 is 0 Å². The van der Waals surface area contributed by atoms with Gasteiger partial charge in [0.25, 0.3) is 0 Å². The molecule has 0 aliphatic rings. The third kappa shape index (κ3) is 9.11. The third-order valence-corrected chi connectivity index (χ3v) is 5.43. The Balaban J connectivity index is 2.57. The molecule has 3 amide bonds. The van der Waals surface area contributed by atoms with E-state index >= 15 is 0 Å². The van der Waals surface area contributed by atoms with Gasteiger partial charge in [0.2, 0.25) is 11.8 Å². The molecule has 2 aromatic carbocycles. The molecule has 2 aromatic rings. The summed E-state index contributed by atoms with van der Waals surface area (Å²) in [6.45, 7) is 12.0. The van der Waals surface area contributed by atoms with Crippen LogP contribution < -0.4 is 10.6 Å². The molecule has 0 radical (unpaired) electrons. The maximum Gasteiger partial charge on any atom is 0.408 e. The van der Waals surface area contributed by atoms with E-state index in [-0.39, 0.29) is 12.2 Å². The first kappa shape index (κ1) is 30.2. The van der Waals surface area contributed by atoms with Gasteiger partial charge in [-0.1, -0.05) is 36.4 Å². The summed E-state index contributed by atoms with van der Waals surface area (Å²) in [7, 11) is 0. The Kier molecular flexibility index (Phi) is 9.89. The van der Waals surface area contributed by atoms with Gasteiger partial charge in [-0.3, -0.25) is 9.59 Å². The lowest BCUT2D eigenvalue weighted by Crippen LogP contribution is -2.55. The molecule has 2 unspecified atom stereocenters. The van der Waals surface area contributed by atoms with Crippen molar-refractivity contribution in [2.24, 2.45) is 0 Å². The fourth-order valence-electron chi connectivity index (χ4n) is 3.87. The normalized spacial score (nSPS) is 13.0. The Morgan fingerprint density at radius 2 is 1.63 bits per heavy atom. The zero-order chi connectivity index (χ0) is 28.7. The van der Waals surface area contributed by atoms with E-state index in [9.17, 15) is 24.8 Å². The molecule has 0 aromatic heterocycles. The highest BCUT2D eigenvalue weighted by Crippen LogP contribution is 2.27. The number of hydrogen-bond donors (Lipinski definition) is 3. The monoisotopic (exact) mass is 522 g/mol. The minimum Gasteiger partial charge on any atom is -0.508 e. The van der Waals surface area contributed by atoms with E-state index in [0.29, 0.717) is 11.1 Å². The Morgan fingerprint density at radius 1 is 1.03 bits per heavy atom. The minimum absolute atomic E-state index is 0.0433. The average Bonchev–Trinajstić information content (AvgIpc) is 2.78. The van der Waals surface area contributed by atoms with Gasteiger partial charge < -0.3 is 25.4 Å². The molecule has 0 saturated heterocycles. The van der Waals surface area contributed by atoms with Crippen LogP contribution in [0, 0.1) is 18.3 Å². The SMILES string of the molecule is Cc1ccccc1C(C(=O)NC(C)(C)C)N(CC#N)C(=O)C(Cc1ccc(O)cc1)NC(=O)OC(C)(C)C. The molecule has 0 aliphatic heterocycles. The Labute approximate surface area is 224 Å². The van der Waals surface area contributed by atoms with Crippen LogP contribution in [0.5, 0.6) is 5.75 Å². The van der Waals surface area contributed by atoms with E-state index in [1.165, 1.54) is 17.0 Å². The molecule has 2 rings (SSSR count). The summed E-state index contributed by atoms with van der Waals surface area (Å²) in [5.74, 6) is -1.01. The summed E-state index contributed by atoms with van der Waals surface area (Å²) >= 11 is 0. The summed E-state index contributed by atoms with van der Waals surface area (Å²) in [4.78, 5) is 41.6. The van der Waals surface area contributed by atoms with Gasteiger partial charge in [-0.05, 0) is 77.3 Å². The highest BCUT2D eigenvalue weighted by molar-refractivity contribution is 5.93. The van der Waals surface area contributed by atoms with E-state index in [0.717, 1.165) is 5.56 Å². The van der Waals surface area contributed by atoms with E-state index in [1.54, 1.807) is 45.0 Å². The van der Waals surface area contributed by atoms with Gasteiger partial charge in [-0.25, -0.2) is 4.79 Å². The molecule has 204 valence electrons. The molecule has 0 spiro atoms.